The summed E-state index contributed by atoms with van der Waals surface area (Å²) in [5.41, 5.74) is 4.98. The molecule has 0 aliphatic heterocycles. The smallest absolute Gasteiger partial charge is 0.0720 e. The minimum atomic E-state index is 0.0377. The Bertz CT molecular complexity index is 523. The van der Waals surface area contributed by atoms with E-state index in [0.29, 0.717) is 0 Å². The zero-order valence-corrected chi connectivity index (χ0v) is 11.1. The molecule has 0 saturated carbocycles. The number of fused-ring (bicyclic) bond motifs is 1. The lowest BCUT2D eigenvalue weighted by Gasteiger charge is -2.21. The van der Waals surface area contributed by atoms with E-state index in [1.54, 1.807) is 7.11 Å². The van der Waals surface area contributed by atoms with E-state index in [1.807, 2.05) is 30.8 Å². The van der Waals surface area contributed by atoms with Crippen LogP contribution in [0.4, 0.5) is 0 Å². The first-order valence-corrected chi connectivity index (χ1v) is 6.07. The van der Waals surface area contributed by atoms with Crippen molar-refractivity contribution < 1.29 is 4.74 Å². The van der Waals surface area contributed by atoms with Crippen LogP contribution in [0.25, 0.3) is 10.9 Å². The molecule has 98 valence electrons. The summed E-state index contributed by atoms with van der Waals surface area (Å²) in [7, 11) is 3.64. The third-order valence-corrected chi connectivity index (χ3v) is 3.40. The van der Waals surface area contributed by atoms with Gasteiger partial charge in [0.2, 0.25) is 0 Å². The van der Waals surface area contributed by atoms with E-state index in [4.69, 9.17) is 10.6 Å². The maximum atomic E-state index is 5.58. The first-order valence-electron chi connectivity index (χ1n) is 6.07. The lowest BCUT2D eigenvalue weighted by atomic mass is 10.0. The van der Waals surface area contributed by atoms with Crippen LogP contribution in [0.3, 0.4) is 0 Å². The SMILES string of the molecule is COC(C)C(Cc1nn(C)c2ccccc12)NN. The van der Waals surface area contributed by atoms with Crippen LogP contribution in [0.2, 0.25) is 0 Å². The van der Waals surface area contributed by atoms with Gasteiger partial charge in [-0.25, -0.2) is 0 Å². The van der Waals surface area contributed by atoms with Crippen LogP contribution >= 0.6 is 0 Å². The summed E-state index contributed by atoms with van der Waals surface area (Å²) < 4.78 is 7.22. The number of nitrogens with zero attached hydrogens (tertiary/aromatic N) is 2. The van der Waals surface area contributed by atoms with Gasteiger partial charge in [-0.2, -0.15) is 5.10 Å². The molecular weight excluding hydrogens is 228 g/mol. The molecule has 0 aliphatic carbocycles. The molecule has 5 nitrogen and oxygen atoms in total. The molecule has 2 unspecified atom stereocenters. The number of aromatic nitrogens is 2. The maximum Gasteiger partial charge on any atom is 0.0720 e. The highest BCUT2D eigenvalue weighted by Gasteiger charge is 2.19. The Balaban J connectivity index is 2.31. The highest BCUT2D eigenvalue weighted by Crippen LogP contribution is 2.19. The fourth-order valence-electron chi connectivity index (χ4n) is 2.17. The fourth-order valence-corrected chi connectivity index (χ4v) is 2.17. The summed E-state index contributed by atoms with van der Waals surface area (Å²) in [6.07, 6.45) is 0.781. The highest BCUT2D eigenvalue weighted by atomic mass is 16.5. The van der Waals surface area contributed by atoms with Gasteiger partial charge in [0.05, 0.1) is 23.4 Å². The van der Waals surface area contributed by atoms with Crippen molar-refractivity contribution in [2.24, 2.45) is 12.9 Å². The summed E-state index contributed by atoms with van der Waals surface area (Å²) in [5, 5.41) is 5.73. The van der Waals surface area contributed by atoms with Crippen molar-refractivity contribution in [2.75, 3.05) is 7.11 Å². The minimum Gasteiger partial charge on any atom is -0.380 e. The average Bonchev–Trinajstić information content (AvgIpc) is 2.72. The maximum absolute atomic E-state index is 5.58. The average molecular weight is 248 g/mol. The Hall–Kier alpha value is -1.43. The van der Waals surface area contributed by atoms with Crippen LogP contribution < -0.4 is 11.3 Å². The third kappa shape index (κ3) is 2.38. The van der Waals surface area contributed by atoms with Gasteiger partial charge in [-0.1, -0.05) is 18.2 Å². The van der Waals surface area contributed by atoms with Gasteiger partial charge < -0.3 is 4.74 Å². The zero-order valence-electron chi connectivity index (χ0n) is 11.1. The molecule has 0 radical (unpaired) electrons. The molecular formula is C13H20N4O. The molecule has 0 bridgehead atoms. The number of methoxy groups -OCH3 is 1. The predicted molar refractivity (Wildman–Crippen MR) is 72.0 cm³/mol. The number of nitrogens with one attached hydrogen (secondary N) is 1. The molecule has 0 aliphatic rings. The Labute approximate surface area is 107 Å². The van der Waals surface area contributed by atoms with Gasteiger partial charge in [0.15, 0.2) is 0 Å². The first-order chi connectivity index (χ1) is 8.67. The largest absolute Gasteiger partial charge is 0.380 e. The van der Waals surface area contributed by atoms with Crippen molar-refractivity contribution in [1.29, 1.82) is 0 Å². The number of nitrogens with two attached hydrogens (primary N) is 1. The Morgan fingerprint density at radius 1 is 1.44 bits per heavy atom. The van der Waals surface area contributed by atoms with E-state index in [9.17, 15) is 0 Å². The molecule has 5 heteroatoms. The van der Waals surface area contributed by atoms with Crippen LogP contribution in [0.1, 0.15) is 12.6 Å². The van der Waals surface area contributed by atoms with Crippen molar-refractivity contribution in [2.45, 2.75) is 25.5 Å². The summed E-state index contributed by atoms with van der Waals surface area (Å²) >= 11 is 0. The molecule has 2 atom stereocenters. The molecule has 0 spiro atoms. The standard InChI is InChI=1S/C13H20N4O/c1-9(18-3)11(15-14)8-12-10-6-4-5-7-13(10)17(2)16-12/h4-7,9,11,15H,8,14H2,1-3H3. The number of aryl methyl sites for hydroxylation is 1. The second kappa shape index (κ2) is 5.48. The van der Waals surface area contributed by atoms with Crippen LogP contribution in [0, 0.1) is 0 Å². The zero-order chi connectivity index (χ0) is 13.1. The van der Waals surface area contributed by atoms with Crippen molar-refractivity contribution in [3.63, 3.8) is 0 Å². The lowest BCUT2D eigenvalue weighted by Crippen LogP contribution is -2.45. The minimum absolute atomic E-state index is 0.0377. The number of benzene rings is 1. The molecule has 18 heavy (non-hydrogen) atoms. The van der Waals surface area contributed by atoms with E-state index in [2.05, 4.69) is 22.7 Å². The van der Waals surface area contributed by atoms with Gasteiger partial charge in [-0.15, -0.1) is 0 Å². The van der Waals surface area contributed by atoms with Gasteiger partial charge in [0.1, 0.15) is 0 Å². The number of para-hydroxylation sites is 1. The molecule has 3 N–H and O–H groups in total. The molecule has 0 fully saturated rings. The number of hydrazine groups is 1. The monoisotopic (exact) mass is 248 g/mol. The third-order valence-electron chi connectivity index (χ3n) is 3.40. The van der Waals surface area contributed by atoms with Crippen molar-refractivity contribution in [3.05, 3.63) is 30.0 Å². The molecule has 0 saturated heterocycles. The quantitative estimate of drug-likeness (QED) is 0.611. The van der Waals surface area contributed by atoms with Gasteiger partial charge in [0, 0.05) is 26.0 Å². The lowest BCUT2D eigenvalue weighted by molar-refractivity contribution is 0.0829. The molecule has 2 aromatic rings. The first kappa shape index (κ1) is 13.0. The van der Waals surface area contributed by atoms with Gasteiger partial charge in [-0.05, 0) is 13.0 Å². The number of hydrogen-bond donors (Lipinski definition) is 2. The van der Waals surface area contributed by atoms with E-state index in [1.165, 1.54) is 5.39 Å². The summed E-state index contributed by atoms with van der Waals surface area (Å²) in [6.45, 7) is 2.00. The van der Waals surface area contributed by atoms with Gasteiger partial charge >= 0.3 is 0 Å². The molecule has 1 heterocycles. The Kier molecular flexibility index (Phi) is 3.96. The summed E-state index contributed by atoms with van der Waals surface area (Å²) in [6, 6.07) is 8.25. The van der Waals surface area contributed by atoms with E-state index >= 15 is 0 Å². The number of hydrogen-bond acceptors (Lipinski definition) is 4. The second-order valence-electron chi connectivity index (χ2n) is 4.51. The van der Waals surface area contributed by atoms with Crippen LogP contribution in [0.5, 0.6) is 0 Å². The topological polar surface area (TPSA) is 65.1 Å². The molecule has 1 aromatic heterocycles. The number of ether oxygens (including phenoxy) is 1. The Morgan fingerprint density at radius 3 is 2.83 bits per heavy atom. The van der Waals surface area contributed by atoms with Crippen molar-refractivity contribution in [3.8, 4) is 0 Å². The van der Waals surface area contributed by atoms with Crippen LogP contribution in [-0.2, 0) is 18.2 Å². The number of rotatable bonds is 5. The van der Waals surface area contributed by atoms with Crippen LogP contribution in [-0.4, -0.2) is 29.0 Å². The van der Waals surface area contributed by atoms with E-state index < -0.39 is 0 Å². The summed E-state index contributed by atoms with van der Waals surface area (Å²) in [5.74, 6) is 5.58. The van der Waals surface area contributed by atoms with Crippen molar-refractivity contribution in [1.82, 2.24) is 15.2 Å². The van der Waals surface area contributed by atoms with Gasteiger partial charge in [0.25, 0.3) is 0 Å². The summed E-state index contributed by atoms with van der Waals surface area (Å²) in [4.78, 5) is 0. The highest BCUT2D eigenvalue weighted by molar-refractivity contribution is 5.81. The molecule has 1 aromatic carbocycles. The Morgan fingerprint density at radius 2 is 2.17 bits per heavy atom. The fraction of sp³-hybridized carbons (Fsp3) is 0.462. The predicted octanol–water partition coefficient (Wildman–Crippen LogP) is 0.983. The van der Waals surface area contributed by atoms with E-state index in [-0.39, 0.29) is 12.1 Å². The normalized spacial score (nSPS) is 14.9. The second-order valence-corrected chi connectivity index (χ2v) is 4.51. The van der Waals surface area contributed by atoms with Crippen molar-refractivity contribution >= 4 is 10.9 Å². The van der Waals surface area contributed by atoms with Crippen LogP contribution in [0.15, 0.2) is 24.3 Å². The van der Waals surface area contributed by atoms with Gasteiger partial charge in [-0.3, -0.25) is 16.0 Å². The molecule has 0 amide bonds. The van der Waals surface area contributed by atoms with E-state index in [0.717, 1.165) is 17.6 Å². The molecule has 2 rings (SSSR count).